The van der Waals surface area contributed by atoms with Crippen LogP contribution in [0.4, 0.5) is 4.39 Å². The molecular formula is C18H21ClFN. The van der Waals surface area contributed by atoms with E-state index in [0.717, 1.165) is 12.0 Å². The van der Waals surface area contributed by atoms with Gasteiger partial charge in [-0.2, -0.15) is 0 Å². The zero-order chi connectivity index (χ0) is 15.4. The minimum Gasteiger partial charge on any atom is -0.309 e. The van der Waals surface area contributed by atoms with E-state index in [9.17, 15) is 4.39 Å². The fraction of sp³-hybridized carbons (Fsp3) is 0.333. The Hall–Kier alpha value is -1.38. The molecule has 1 unspecified atom stereocenters. The molecule has 1 atom stereocenters. The Bertz CT molecular complexity index is 593. The van der Waals surface area contributed by atoms with Crippen molar-refractivity contribution >= 4 is 11.6 Å². The number of benzene rings is 2. The summed E-state index contributed by atoms with van der Waals surface area (Å²) in [5.41, 5.74) is 2.96. The maximum atomic E-state index is 14.1. The van der Waals surface area contributed by atoms with Crippen molar-refractivity contribution in [1.82, 2.24) is 5.32 Å². The maximum Gasteiger partial charge on any atom is 0.129 e. The monoisotopic (exact) mass is 305 g/mol. The summed E-state index contributed by atoms with van der Waals surface area (Å²) in [7, 11) is 1.83. The van der Waals surface area contributed by atoms with E-state index >= 15 is 0 Å². The van der Waals surface area contributed by atoms with Gasteiger partial charge in [-0.05, 0) is 42.6 Å². The minimum absolute atomic E-state index is 0.171. The average Bonchev–Trinajstić information content (AvgIpc) is 2.43. The molecule has 0 bridgehead atoms. The first-order chi connectivity index (χ1) is 10.0. The highest BCUT2D eigenvalue weighted by atomic mass is 35.5. The lowest BCUT2D eigenvalue weighted by Gasteiger charge is -2.18. The Labute approximate surface area is 131 Å². The molecule has 3 heteroatoms. The predicted molar refractivity (Wildman–Crippen MR) is 87.3 cm³/mol. The Balaban J connectivity index is 2.28. The summed E-state index contributed by atoms with van der Waals surface area (Å²) in [6.45, 7) is 4.40. The molecule has 0 aliphatic rings. The van der Waals surface area contributed by atoms with Crippen LogP contribution in [0.3, 0.4) is 0 Å². The molecule has 0 saturated heterocycles. The normalized spacial score (nSPS) is 12.7. The lowest BCUT2D eigenvalue weighted by Crippen LogP contribution is -2.19. The summed E-state index contributed by atoms with van der Waals surface area (Å²) in [5, 5.41) is 3.59. The van der Waals surface area contributed by atoms with E-state index in [-0.39, 0.29) is 11.9 Å². The van der Waals surface area contributed by atoms with Crippen molar-refractivity contribution in [3.63, 3.8) is 0 Å². The summed E-state index contributed by atoms with van der Waals surface area (Å²) in [4.78, 5) is 0. The molecule has 0 amide bonds. The van der Waals surface area contributed by atoms with Crippen LogP contribution >= 0.6 is 11.6 Å². The largest absolute Gasteiger partial charge is 0.309 e. The molecule has 2 aromatic carbocycles. The van der Waals surface area contributed by atoms with E-state index in [1.165, 1.54) is 11.6 Å². The van der Waals surface area contributed by atoms with Gasteiger partial charge in [0.1, 0.15) is 5.82 Å². The second-order valence-electron chi connectivity index (χ2n) is 5.73. The summed E-state index contributed by atoms with van der Waals surface area (Å²) in [6, 6.07) is 13.0. The molecule has 112 valence electrons. The predicted octanol–water partition coefficient (Wildman–Crippen LogP) is 4.99. The van der Waals surface area contributed by atoms with Crippen molar-refractivity contribution < 1.29 is 4.39 Å². The van der Waals surface area contributed by atoms with E-state index in [1.54, 1.807) is 12.1 Å². The molecule has 0 saturated carbocycles. The van der Waals surface area contributed by atoms with E-state index in [1.807, 2.05) is 7.05 Å². The van der Waals surface area contributed by atoms with Crippen LogP contribution in [0.1, 0.15) is 36.6 Å². The lowest BCUT2D eigenvalue weighted by atomic mass is 9.95. The number of nitrogens with one attached hydrogen (secondary N) is 1. The highest BCUT2D eigenvalue weighted by Crippen LogP contribution is 2.26. The van der Waals surface area contributed by atoms with Gasteiger partial charge in [0.15, 0.2) is 0 Å². The molecule has 0 radical (unpaired) electrons. The highest BCUT2D eigenvalue weighted by Gasteiger charge is 2.16. The summed E-state index contributed by atoms with van der Waals surface area (Å²) in [6.07, 6.45) is 1.06. The SMILES string of the molecule is CNC(c1ccc(CC(C)C)cc1)c1ccc(Cl)cc1F. The maximum absolute atomic E-state index is 14.1. The van der Waals surface area contributed by atoms with Gasteiger partial charge in [0.25, 0.3) is 0 Å². The minimum atomic E-state index is -0.284. The van der Waals surface area contributed by atoms with Crippen molar-refractivity contribution in [2.24, 2.45) is 5.92 Å². The molecule has 0 fully saturated rings. The third-order valence-electron chi connectivity index (χ3n) is 3.52. The number of hydrogen-bond acceptors (Lipinski definition) is 1. The molecule has 1 nitrogen and oxygen atoms in total. The van der Waals surface area contributed by atoms with Gasteiger partial charge in [-0.25, -0.2) is 4.39 Å². The number of rotatable bonds is 5. The zero-order valence-electron chi connectivity index (χ0n) is 12.7. The standard InChI is InChI=1S/C18H21ClFN/c1-12(2)10-13-4-6-14(7-5-13)18(21-3)16-9-8-15(19)11-17(16)20/h4-9,11-12,18,21H,10H2,1-3H3. The van der Waals surface area contributed by atoms with E-state index < -0.39 is 0 Å². The van der Waals surface area contributed by atoms with Crippen LogP contribution in [0.5, 0.6) is 0 Å². The van der Waals surface area contributed by atoms with Gasteiger partial charge >= 0.3 is 0 Å². The summed E-state index contributed by atoms with van der Waals surface area (Å²) < 4.78 is 14.1. The van der Waals surface area contributed by atoms with Crippen LogP contribution in [-0.2, 0) is 6.42 Å². The first-order valence-electron chi connectivity index (χ1n) is 7.22. The van der Waals surface area contributed by atoms with Gasteiger partial charge in [-0.15, -0.1) is 0 Å². The van der Waals surface area contributed by atoms with Crippen molar-refractivity contribution in [1.29, 1.82) is 0 Å². The first kappa shape index (κ1) is 16.0. The van der Waals surface area contributed by atoms with Crippen LogP contribution in [0.2, 0.25) is 5.02 Å². The number of halogens is 2. The lowest BCUT2D eigenvalue weighted by molar-refractivity contribution is 0.576. The van der Waals surface area contributed by atoms with E-state index in [2.05, 4.69) is 43.4 Å². The van der Waals surface area contributed by atoms with Gasteiger partial charge in [0.05, 0.1) is 6.04 Å². The number of hydrogen-bond donors (Lipinski definition) is 1. The molecule has 0 heterocycles. The van der Waals surface area contributed by atoms with Crippen LogP contribution in [0.25, 0.3) is 0 Å². The Morgan fingerprint density at radius 3 is 2.29 bits per heavy atom. The second-order valence-corrected chi connectivity index (χ2v) is 6.16. The average molecular weight is 306 g/mol. The van der Waals surface area contributed by atoms with Gasteiger partial charge in [0.2, 0.25) is 0 Å². The second kappa shape index (κ2) is 7.06. The zero-order valence-corrected chi connectivity index (χ0v) is 13.4. The van der Waals surface area contributed by atoms with E-state index in [4.69, 9.17) is 11.6 Å². The Morgan fingerprint density at radius 1 is 1.10 bits per heavy atom. The van der Waals surface area contributed by atoms with Crippen LogP contribution in [0.15, 0.2) is 42.5 Å². The van der Waals surface area contributed by atoms with Crippen LogP contribution in [-0.4, -0.2) is 7.05 Å². The molecule has 2 rings (SSSR count). The van der Waals surface area contributed by atoms with Crippen LogP contribution < -0.4 is 5.32 Å². The van der Waals surface area contributed by atoms with Gasteiger partial charge in [-0.1, -0.05) is 55.8 Å². The van der Waals surface area contributed by atoms with Gasteiger partial charge in [-0.3, -0.25) is 0 Å². The third kappa shape index (κ3) is 4.05. The van der Waals surface area contributed by atoms with Crippen molar-refractivity contribution in [2.45, 2.75) is 26.3 Å². The molecule has 0 aliphatic carbocycles. The molecule has 21 heavy (non-hydrogen) atoms. The Kier molecular flexibility index (Phi) is 5.38. The fourth-order valence-electron chi connectivity index (χ4n) is 2.55. The smallest absolute Gasteiger partial charge is 0.129 e. The highest BCUT2D eigenvalue weighted by molar-refractivity contribution is 6.30. The first-order valence-corrected chi connectivity index (χ1v) is 7.60. The van der Waals surface area contributed by atoms with Gasteiger partial charge < -0.3 is 5.32 Å². The molecular weight excluding hydrogens is 285 g/mol. The van der Waals surface area contributed by atoms with Crippen molar-refractivity contribution in [2.75, 3.05) is 7.05 Å². The Morgan fingerprint density at radius 2 is 1.76 bits per heavy atom. The quantitative estimate of drug-likeness (QED) is 0.821. The van der Waals surface area contributed by atoms with E-state index in [0.29, 0.717) is 16.5 Å². The summed E-state index contributed by atoms with van der Waals surface area (Å²) in [5.74, 6) is 0.345. The van der Waals surface area contributed by atoms with Crippen molar-refractivity contribution in [3.05, 3.63) is 70.0 Å². The van der Waals surface area contributed by atoms with Crippen LogP contribution in [0, 0.1) is 11.7 Å². The molecule has 0 aliphatic heterocycles. The molecule has 2 aromatic rings. The van der Waals surface area contributed by atoms with Crippen molar-refractivity contribution in [3.8, 4) is 0 Å². The fourth-order valence-corrected chi connectivity index (χ4v) is 2.71. The van der Waals surface area contributed by atoms with Gasteiger partial charge in [0, 0.05) is 10.6 Å². The third-order valence-corrected chi connectivity index (χ3v) is 3.75. The summed E-state index contributed by atoms with van der Waals surface area (Å²) >= 11 is 5.82. The molecule has 0 aromatic heterocycles. The topological polar surface area (TPSA) is 12.0 Å². The molecule has 0 spiro atoms. The molecule has 1 N–H and O–H groups in total.